The molecule has 1 aliphatic heterocycles. The summed E-state index contributed by atoms with van der Waals surface area (Å²) in [6, 6.07) is -4.04. The van der Waals surface area contributed by atoms with Gasteiger partial charge in [-0.25, -0.2) is 9.59 Å². The summed E-state index contributed by atoms with van der Waals surface area (Å²) in [4.78, 5) is 79.5. The number of ketones is 1. The molecular formula is C33H56N6O7. The summed E-state index contributed by atoms with van der Waals surface area (Å²) < 4.78 is 5.35. The van der Waals surface area contributed by atoms with E-state index >= 15 is 0 Å². The summed E-state index contributed by atoms with van der Waals surface area (Å²) in [7, 11) is 0. The number of hydrogen-bond acceptors (Lipinski definition) is 7. The summed E-state index contributed by atoms with van der Waals surface area (Å²) >= 11 is 0. The van der Waals surface area contributed by atoms with Crippen LogP contribution in [0.15, 0.2) is 0 Å². The molecule has 46 heavy (non-hydrogen) atoms. The first kappa shape index (κ1) is 37.1. The average molecular weight is 649 g/mol. The minimum Gasteiger partial charge on any atom is -0.447 e. The fraction of sp³-hybridized carbons (Fsp3) is 0.818. The third kappa shape index (κ3) is 10.3. The van der Waals surface area contributed by atoms with E-state index in [1.807, 2.05) is 48.5 Å². The van der Waals surface area contributed by atoms with Crippen LogP contribution >= 0.6 is 0 Å². The van der Waals surface area contributed by atoms with Crippen molar-refractivity contribution in [3.8, 4) is 0 Å². The van der Waals surface area contributed by atoms with Crippen LogP contribution in [0.2, 0.25) is 0 Å². The van der Waals surface area contributed by atoms with Gasteiger partial charge in [-0.15, -0.1) is 0 Å². The Kier molecular flexibility index (Phi) is 12.9. The maximum absolute atomic E-state index is 14.2. The molecule has 6 amide bonds. The molecule has 5 atom stereocenters. The molecule has 0 spiro atoms. The number of rotatable bonds is 15. The lowest BCUT2D eigenvalue weighted by Crippen LogP contribution is -2.61. The Bertz CT molecular complexity index is 1130. The zero-order valence-corrected chi connectivity index (χ0v) is 28.6. The number of nitrogens with one attached hydrogen (secondary N) is 4. The van der Waals surface area contributed by atoms with Crippen LogP contribution in [-0.4, -0.2) is 84.4 Å². The third-order valence-corrected chi connectivity index (χ3v) is 9.66. The average Bonchev–Trinajstić information content (AvgIpc) is 3.66. The number of carbonyl (C=O) groups is 6. The first-order valence-corrected chi connectivity index (χ1v) is 16.9. The van der Waals surface area contributed by atoms with Gasteiger partial charge in [-0.05, 0) is 60.7 Å². The number of amides is 6. The van der Waals surface area contributed by atoms with Crippen LogP contribution in [0.4, 0.5) is 9.59 Å². The van der Waals surface area contributed by atoms with Crippen LogP contribution in [0.1, 0.15) is 93.4 Å². The van der Waals surface area contributed by atoms with E-state index in [9.17, 15) is 28.8 Å². The highest BCUT2D eigenvalue weighted by Gasteiger charge is 2.48. The molecule has 3 rings (SSSR count). The number of nitrogens with two attached hydrogens (primary N) is 1. The van der Waals surface area contributed by atoms with Crippen molar-refractivity contribution in [3.05, 3.63) is 0 Å². The number of Topliss-reactive ketones (excluding diaryl/α,β-unsaturated/α-hetero) is 1. The van der Waals surface area contributed by atoms with Crippen molar-refractivity contribution in [2.45, 2.75) is 118 Å². The van der Waals surface area contributed by atoms with Crippen molar-refractivity contribution < 1.29 is 33.5 Å². The van der Waals surface area contributed by atoms with E-state index in [2.05, 4.69) is 21.3 Å². The standard InChI is InChI=1S/C33H56N6O7/c1-18(2)22-13-14-39(25(22)29(42)36-23(26(40)28(34)41)15-20-9-8-10-20)30(43)27(33(5,6)7)38-31(44)37-24(19(3)4)17-46-32(45)35-16-21-11-12-21/h18-25,27H,8-17H2,1-7H3,(H2,34,41)(H,35,45)(H,36,42)(H2,37,38,44)/t22-,23?,24-,25+,27-/m1/s1. The van der Waals surface area contributed by atoms with Gasteiger partial charge in [0.2, 0.25) is 17.6 Å². The Labute approximate surface area is 273 Å². The third-order valence-electron chi connectivity index (χ3n) is 9.66. The summed E-state index contributed by atoms with van der Waals surface area (Å²) in [6.45, 7) is 14.1. The summed E-state index contributed by atoms with van der Waals surface area (Å²) in [5.41, 5.74) is 4.59. The second-order valence-corrected chi connectivity index (χ2v) is 15.2. The second kappa shape index (κ2) is 15.9. The minimum absolute atomic E-state index is 0.0355. The van der Waals surface area contributed by atoms with E-state index in [0.717, 1.165) is 32.1 Å². The SMILES string of the molecule is CC(C)[C@H]1CCN(C(=O)[C@@H](NC(=O)N[C@H](COC(=O)NCC2CC2)C(C)C)C(C)(C)C)[C@@H]1C(=O)NC(CC1CCC1)C(=O)C(N)=O. The van der Waals surface area contributed by atoms with Gasteiger partial charge in [0, 0.05) is 13.1 Å². The molecule has 2 aliphatic carbocycles. The number of carbonyl (C=O) groups excluding carboxylic acids is 6. The molecule has 6 N–H and O–H groups in total. The predicted molar refractivity (Wildman–Crippen MR) is 172 cm³/mol. The molecule has 13 heteroatoms. The fourth-order valence-electron chi connectivity index (χ4n) is 6.14. The molecule has 1 saturated heterocycles. The Morgan fingerprint density at radius 2 is 1.54 bits per heavy atom. The van der Waals surface area contributed by atoms with Crippen LogP contribution in [0.25, 0.3) is 0 Å². The molecule has 260 valence electrons. The van der Waals surface area contributed by atoms with E-state index in [1.54, 1.807) is 0 Å². The van der Waals surface area contributed by atoms with Gasteiger partial charge in [0.15, 0.2) is 0 Å². The topological polar surface area (TPSA) is 189 Å². The first-order chi connectivity index (χ1) is 21.5. The van der Waals surface area contributed by atoms with Crippen molar-refractivity contribution in [1.82, 2.24) is 26.2 Å². The van der Waals surface area contributed by atoms with Crippen LogP contribution < -0.4 is 27.0 Å². The highest BCUT2D eigenvalue weighted by Crippen LogP contribution is 2.34. The summed E-state index contributed by atoms with van der Waals surface area (Å²) in [5.74, 6) is -2.35. The molecule has 2 saturated carbocycles. The molecular weight excluding hydrogens is 592 g/mol. The number of nitrogens with zero attached hydrogens (tertiary/aromatic N) is 1. The monoisotopic (exact) mass is 648 g/mol. The van der Waals surface area contributed by atoms with Crippen LogP contribution in [-0.2, 0) is 23.9 Å². The molecule has 1 unspecified atom stereocenters. The van der Waals surface area contributed by atoms with Crippen molar-refractivity contribution in [2.75, 3.05) is 19.7 Å². The molecule has 1 heterocycles. The van der Waals surface area contributed by atoms with Gasteiger partial charge in [0.05, 0.1) is 12.1 Å². The lowest BCUT2D eigenvalue weighted by molar-refractivity contribution is -0.144. The second-order valence-electron chi connectivity index (χ2n) is 15.2. The van der Waals surface area contributed by atoms with E-state index < -0.39 is 65.2 Å². The van der Waals surface area contributed by atoms with Crippen LogP contribution in [0.5, 0.6) is 0 Å². The maximum Gasteiger partial charge on any atom is 0.407 e. The molecule has 0 aromatic carbocycles. The zero-order chi connectivity index (χ0) is 34.3. The Morgan fingerprint density at radius 1 is 0.891 bits per heavy atom. The van der Waals surface area contributed by atoms with Crippen LogP contribution in [0.3, 0.4) is 0 Å². The van der Waals surface area contributed by atoms with Gasteiger partial charge in [0.25, 0.3) is 5.91 Å². The molecule has 0 bridgehead atoms. The number of hydrogen-bond donors (Lipinski definition) is 5. The Hall–Kier alpha value is -3.38. The number of ether oxygens (including phenoxy) is 1. The summed E-state index contributed by atoms with van der Waals surface area (Å²) in [5, 5.41) is 11.2. The smallest absolute Gasteiger partial charge is 0.407 e. The van der Waals surface area contributed by atoms with Gasteiger partial charge in [-0.1, -0.05) is 67.7 Å². The van der Waals surface area contributed by atoms with E-state index in [1.165, 1.54) is 4.90 Å². The highest BCUT2D eigenvalue weighted by atomic mass is 16.5. The van der Waals surface area contributed by atoms with Gasteiger partial charge < -0.3 is 36.6 Å². The molecule has 0 aromatic heterocycles. The van der Waals surface area contributed by atoms with Crippen molar-refractivity contribution in [1.29, 1.82) is 0 Å². The van der Waals surface area contributed by atoms with Gasteiger partial charge in [0.1, 0.15) is 18.7 Å². The van der Waals surface area contributed by atoms with E-state index in [0.29, 0.717) is 31.8 Å². The number of likely N-dealkylation sites (tertiary alicyclic amines) is 1. The van der Waals surface area contributed by atoms with Gasteiger partial charge in [-0.3, -0.25) is 19.2 Å². The van der Waals surface area contributed by atoms with Crippen molar-refractivity contribution >= 4 is 35.6 Å². The Morgan fingerprint density at radius 3 is 2.04 bits per heavy atom. The summed E-state index contributed by atoms with van der Waals surface area (Å²) in [6.07, 6.45) is 5.42. The zero-order valence-electron chi connectivity index (χ0n) is 28.6. The lowest BCUT2D eigenvalue weighted by Gasteiger charge is -2.37. The fourth-order valence-corrected chi connectivity index (χ4v) is 6.14. The van der Waals surface area contributed by atoms with Gasteiger partial charge >= 0.3 is 12.1 Å². The number of primary amides is 1. The lowest BCUT2D eigenvalue weighted by atomic mass is 9.80. The molecule has 13 nitrogen and oxygen atoms in total. The number of urea groups is 1. The predicted octanol–water partition coefficient (Wildman–Crippen LogP) is 2.46. The minimum atomic E-state index is -1.10. The van der Waals surface area contributed by atoms with E-state index in [4.69, 9.17) is 10.5 Å². The van der Waals surface area contributed by atoms with Crippen molar-refractivity contribution in [2.24, 2.45) is 40.7 Å². The van der Waals surface area contributed by atoms with Gasteiger partial charge in [-0.2, -0.15) is 0 Å². The molecule has 3 fully saturated rings. The Balaban J connectivity index is 1.73. The molecule has 3 aliphatic rings. The van der Waals surface area contributed by atoms with Crippen LogP contribution in [0, 0.1) is 35.0 Å². The normalized spacial score (nSPS) is 22.0. The molecule has 0 radical (unpaired) electrons. The molecule has 0 aromatic rings. The first-order valence-electron chi connectivity index (χ1n) is 16.9. The number of alkyl carbamates (subject to hydrolysis) is 1. The quantitative estimate of drug-likeness (QED) is 0.169. The largest absolute Gasteiger partial charge is 0.447 e. The van der Waals surface area contributed by atoms with E-state index in [-0.39, 0.29) is 30.3 Å². The highest BCUT2D eigenvalue weighted by molar-refractivity contribution is 6.37. The maximum atomic E-state index is 14.2. The van der Waals surface area contributed by atoms with Crippen molar-refractivity contribution in [3.63, 3.8) is 0 Å².